The van der Waals surface area contributed by atoms with Crippen LogP contribution >= 0.6 is 0 Å². The molecule has 0 N–H and O–H groups in total. The Bertz CT molecular complexity index is 687. The maximum Gasteiger partial charge on any atom is 0.279 e. The molecule has 4 nitrogen and oxygen atoms in total. The predicted octanol–water partition coefficient (Wildman–Crippen LogP) is 3.36. The van der Waals surface area contributed by atoms with Crippen molar-refractivity contribution in [3.63, 3.8) is 0 Å². The number of benzene rings is 1. The first kappa shape index (κ1) is 13.9. The quantitative estimate of drug-likeness (QED) is 0.847. The molecule has 1 amide bonds. The van der Waals surface area contributed by atoms with Gasteiger partial charge in [0.15, 0.2) is 5.69 Å². The zero-order valence-electron chi connectivity index (χ0n) is 13.0. The molecule has 1 unspecified atom stereocenters. The van der Waals surface area contributed by atoms with Crippen LogP contribution in [-0.4, -0.2) is 21.7 Å². The topological polar surface area (TPSA) is 38.1 Å². The molecule has 110 valence electrons. The van der Waals surface area contributed by atoms with Crippen molar-refractivity contribution < 1.29 is 4.79 Å². The van der Waals surface area contributed by atoms with E-state index < -0.39 is 0 Å². The number of hydrogen-bond acceptors (Lipinski definition) is 2. The molecule has 2 heterocycles. The molecule has 0 saturated heterocycles. The molecule has 0 saturated carbocycles. The standard InChI is InChI=1S/C17H21N3O/c1-11(2)20-13(4)10-15(18-20)17(21)19-12(3)9-14-7-5-6-8-16(14)19/h5-8,10-12H,9H2,1-4H3. The Hall–Kier alpha value is -2.10. The lowest BCUT2D eigenvalue weighted by molar-refractivity contribution is 0.0975. The fourth-order valence-corrected chi connectivity index (χ4v) is 3.11. The Balaban J connectivity index is 1.97. The summed E-state index contributed by atoms with van der Waals surface area (Å²) in [5.74, 6) is -0.00468. The number of para-hydroxylation sites is 1. The van der Waals surface area contributed by atoms with Crippen molar-refractivity contribution in [3.05, 3.63) is 47.3 Å². The van der Waals surface area contributed by atoms with Gasteiger partial charge in [-0.2, -0.15) is 5.10 Å². The van der Waals surface area contributed by atoms with E-state index in [2.05, 4.69) is 31.9 Å². The third-order valence-corrected chi connectivity index (χ3v) is 4.06. The summed E-state index contributed by atoms with van der Waals surface area (Å²) < 4.78 is 1.90. The third-order valence-electron chi connectivity index (χ3n) is 4.06. The molecule has 1 atom stereocenters. The number of anilines is 1. The summed E-state index contributed by atoms with van der Waals surface area (Å²) in [5.41, 5.74) is 3.81. The van der Waals surface area contributed by atoms with Crippen LogP contribution in [0.2, 0.25) is 0 Å². The van der Waals surface area contributed by atoms with Crippen LogP contribution in [-0.2, 0) is 6.42 Å². The van der Waals surface area contributed by atoms with Crippen LogP contribution in [0.5, 0.6) is 0 Å². The molecule has 0 fully saturated rings. The van der Waals surface area contributed by atoms with Crippen molar-refractivity contribution in [2.45, 2.75) is 46.2 Å². The van der Waals surface area contributed by atoms with Gasteiger partial charge in [0.25, 0.3) is 5.91 Å². The zero-order valence-corrected chi connectivity index (χ0v) is 13.0. The lowest BCUT2D eigenvalue weighted by Crippen LogP contribution is -2.36. The fraction of sp³-hybridized carbons (Fsp3) is 0.412. The first-order chi connectivity index (χ1) is 9.99. The fourth-order valence-electron chi connectivity index (χ4n) is 3.11. The minimum Gasteiger partial charge on any atom is -0.304 e. The average Bonchev–Trinajstić information content (AvgIpc) is 2.97. The van der Waals surface area contributed by atoms with E-state index in [1.54, 1.807) is 0 Å². The van der Waals surface area contributed by atoms with Crippen LogP contribution in [0.15, 0.2) is 30.3 Å². The molecule has 4 heteroatoms. The number of fused-ring (bicyclic) bond motifs is 1. The number of aryl methyl sites for hydroxylation is 1. The largest absolute Gasteiger partial charge is 0.304 e. The van der Waals surface area contributed by atoms with Gasteiger partial charge in [-0.3, -0.25) is 9.48 Å². The number of rotatable bonds is 2. The van der Waals surface area contributed by atoms with Crippen molar-refractivity contribution >= 4 is 11.6 Å². The van der Waals surface area contributed by atoms with Crippen LogP contribution < -0.4 is 4.90 Å². The van der Waals surface area contributed by atoms with Gasteiger partial charge in [-0.05, 0) is 51.8 Å². The molecule has 1 aromatic heterocycles. The van der Waals surface area contributed by atoms with Crippen LogP contribution in [0.25, 0.3) is 0 Å². The molecule has 2 aromatic rings. The number of carbonyl (C=O) groups is 1. The van der Waals surface area contributed by atoms with Gasteiger partial charge in [-0.1, -0.05) is 18.2 Å². The lowest BCUT2D eigenvalue weighted by atomic mass is 10.1. The van der Waals surface area contributed by atoms with Gasteiger partial charge in [0.05, 0.1) is 0 Å². The normalized spacial score (nSPS) is 17.4. The Labute approximate surface area is 125 Å². The molecular weight excluding hydrogens is 262 g/mol. The third kappa shape index (κ3) is 2.24. The van der Waals surface area contributed by atoms with E-state index in [9.17, 15) is 4.79 Å². The molecule has 1 aliphatic heterocycles. The van der Waals surface area contributed by atoms with Crippen LogP contribution in [0.1, 0.15) is 48.6 Å². The zero-order chi connectivity index (χ0) is 15.1. The van der Waals surface area contributed by atoms with Gasteiger partial charge in [0, 0.05) is 23.5 Å². The Morgan fingerprint density at radius 3 is 2.71 bits per heavy atom. The molecule has 0 radical (unpaired) electrons. The molecular formula is C17H21N3O. The monoisotopic (exact) mass is 283 g/mol. The summed E-state index contributed by atoms with van der Waals surface area (Å²) in [6, 6.07) is 10.4. The van der Waals surface area contributed by atoms with E-state index in [0.717, 1.165) is 17.8 Å². The van der Waals surface area contributed by atoms with Crippen molar-refractivity contribution in [1.82, 2.24) is 9.78 Å². The summed E-state index contributed by atoms with van der Waals surface area (Å²) in [4.78, 5) is 14.7. The summed E-state index contributed by atoms with van der Waals surface area (Å²) in [7, 11) is 0. The number of amides is 1. The highest BCUT2D eigenvalue weighted by Crippen LogP contribution is 2.33. The van der Waals surface area contributed by atoms with Gasteiger partial charge in [-0.15, -0.1) is 0 Å². The van der Waals surface area contributed by atoms with Crippen LogP contribution in [0, 0.1) is 6.92 Å². The Kier molecular flexibility index (Phi) is 3.32. The summed E-state index contributed by atoms with van der Waals surface area (Å²) in [6.45, 7) is 8.22. The van der Waals surface area contributed by atoms with Gasteiger partial charge in [-0.25, -0.2) is 0 Å². The summed E-state index contributed by atoms with van der Waals surface area (Å²) >= 11 is 0. The van der Waals surface area contributed by atoms with Gasteiger partial charge in [0.2, 0.25) is 0 Å². The molecule has 21 heavy (non-hydrogen) atoms. The van der Waals surface area contributed by atoms with Crippen LogP contribution in [0.4, 0.5) is 5.69 Å². The molecule has 0 aliphatic carbocycles. The second kappa shape index (κ2) is 5.02. The summed E-state index contributed by atoms with van der Waals surface area (Å²) in [5, 5.41) is 4.49. The minimum absolute atomic E-state index is 0.00468. The maximum absolute atomic E-state index is 12.9. The van der Waals surface area contributed by atoms with Crippen molar-refractivity contribution in [2.24, 2.45) is 0 Å². The lowest BCUT2D eigenvalue weighted by Gasteiger charge is -2.21. The minimum atomic E-state index is -0.00468. The first-order valence-corrected chi connectivity index (χ1v) is 7.46. The van der Waals surface area contributed by atoms with Gasteiger partial charge in [0.1, 0.15) is 0 Å². The second-order valence-electron chi connectivity index (χ2n) is 6.07. The number of hydrogen-bond donors (Lipinski definition) is 0. The van der Waals surface area contributed by atoms with E-state index in [1.807, 2.05) is 40.8 Å². The highest BCUT2D eigenvalue weighted by molar-refractivity contribution is 6.06. The predicted molar refractivity (Wildman–Crippen MR) is 83.8 cm³/mol. The average molecular weight is 283 g/mol. The smallest absolute Gasteiger partial charge is 0.279 e. The molecule has 3 rings (SSSR count). The Morgan fingerprint density at radius 1 is 1.33 bits per heavy atom. The SMILES string of the molecule is Cc1cc(C(=O)N2c3ccccc3CC2C)nn1C(C)C. The van der Waals surface area contributed by atoms with E-state index in [-0.39, 0.29) is 18.0 Å². The maximum atomic E-state index is 12.9. The Morgan fingerprint density at radius 2 is 2.05 bits per heavy atom. The van der Waals surface area contributed by atoms with Gasteiger partial charge < -0.3 is 4.90 Å². The van der Waals surface area contributed by atoms with Crippen LogP contribution in [0.3, 0.4) is 0 Å². The number of nitrogens with zero attached hydrogens (tertiary/aromatic N) is 3. The first-order valence-electron chi connectivity index (χ1n) is 7.46. The highest BCUT2D eigenvalue weighted by Gasteiger charge is 2.32. The van der Waals surface area contributed by atoms with E-state index in [1.165, 1.54) is 5.56 Å². The molecule has 0 spiro atoms. The molecule has 0 bridgehead atoms. The second-order valence-corrected chi connectivity index (χ2v) is 6.07. The number of carbonyl (C=O) groups excluding carboxylic acids is 1. The van der Waals surface area contributed by atoms with Crippen molar-refractivity contribution in [1.29, 1.82) is 0 Å². The highest BCUT2D eigenvalue weighted by atomic mass is 16.2. The van der Waals surface area contributed by atoms with E-state index in [0.29, 0.717) is 5.69 Å². The number of aromatic nitrogens is 2. The van der Waals surface area contributed by atoms with Crippen molar-refractivity contribution in [3.8, 4) is 0 Å². The molecule has 1 aliphatic rings. The van der Waals surface area contributed by atoms with E-state index >= 15 is 0 Å². The van der Waals surface area contributed by atoms with Gasteiger partial charge >= 0.3 is 0 Å². The summed E-state index contributed by atoms with van der Waals surface area (Å²) in [6.07, 6.45) is 0.909. The van der Waals surface area contributed by atoms with Crippen molar-refractivity contribution in [2.75, 3.05) is 4.90 Å². The van der Waals surface area contributed by atoms with E-state index in [4.69, 9.17) is 0 Å². The molecule has 1 aromatic carbocycles.